The van der Waals surface area contributed by atoms with Crippen molar-refractivity contribution in [3.8, 4) is 0 Å². The zero-order valence-corrected chi connectivity index (χ0v) is 20.3. The number of unbranched alkanes of at least 4 members (excludes halogenated alkanes) is 10. The van der Waals surface area contributed by atoms with E-state index in [-0.39, 0.29) is 18.5 Å². The van der Waals surface area contributed by atoms with Gasteiger partial charge in [-0.25, -0.2) is 0 Å². The van der Waals surface area contributed by atoms with Crippen LogP contribution in [0.15, 0.2) is 0 Å². The average Bonchev–Trinajstić information content (AvgIpc) is 2.80. The summed E-state index contributed by atoms with van der Waals surface area (Å²) < 4.78 is 10.5. The number of carbonyl (C=O) groups is 1. The Balaban J connectivity index is 2.36. The van der Waals surface area contributed by atoms with Gasteiger partial charge in [-0.15, -0.1) is 0 Å². The van der Waals surface area contributed by atoms with Gasteiger partial charge in [0.15, 0.2) is 0 Å². The molecule has 0 aromatic rings. The maximum Gasteiger partial charge on any atom is 0.305 e. The smallest absolute Gasteiger partial charge is 0.305 e. The molecule has 1 aliphatic heterocycles. The fourth-order valence-electron chi connectivity index (χ4n) is 4.66. The average molecular weight is 461 g/mol. The molecule has 1 aliphatic rings. The molecule has 4 N–H and O–H groups in total. The van der Waals surface area contributed by atoms with Crippen molar-refractivity contribution >= 4 is 5.97 Å². The minimum atomic E-state index is -1.29. The Morgan fingerprint density at radius 1 is 0.812 bits per heavy atom. The van der Waals surface area contributed by atoms with Gasteiger partial charge in [-0.2, -0.15) is 0 Å². The quantitative estimate of drug-likeness (QED) is 0.183. The highest BCUT2D eigenvalue weighted by Crippen LogP contribution is 2.32. The van der Waals surface area contributed by atoms with Crippen molar-refractivity contribution in [2.75, 3.05) is 13.7 Å². The van der Waals surface area contributed by atoms with Crippen LogP contribution in [0, 0.1) is 5.92 Å². The summed E-state index contributed by atoms with van der Waals surface area (Å²) in [4.78, 5) is 11.1. The van der Waals surface area contributed by atoms with Gasteiger partial charge in [-0.05, 0) is 25.2 Å². The normalized spacial score (nSPS) is 26.8. The largest absolute Gasteiger partial charge is 0.469 e. The van der Waals surface area contributed by atoms with Gasteiger partial charge < -0.3 is 29.9 Å². The van der Waals surface area contributed by atoms with Crippen molar-refractivity contribution in [2.24, 2.45) is 5.92 Å². The van der Waals surface area contributed by atoms with Crippen molar-refractivity contribution in [2.45, 2.75) is 134 Å². The van der Waals surface area contributed by atoms with Gasteiger partial charge in [0.1, 0.15) is 24.4 Å². The standard InChI is InChI=1S/C25H48O7/c1-3-4-5-12-15-19(25-24(30)23(29)22(28)20(18-26)32-25)16-13-10-8-6-7-9-11-14-17-21(27)31-2/h19-20,22-26,28-30H,3-18H2,1-2H3/t19?,20-,22+,23+,24-,25?/m1/s1. The van der Waals surface area contributed by atoms with Crippen molar-refractivity contribution in [1.82, 2.24) is 0 Å². The van der Waals surface area contributed by atoms with Crippen LogP contribution in [0.4, 0.5) is 0 Å². The maximum atomic E-state index is 11.1. The third kappa shape index (κ3) is 10.9. The van der Waals surface area contributed by atoms with Gasteiger partial charge in [0, 0.05) is 6.42 Å². The molecule has 0 amide bonds. The highest BCUT2D eigenvalue weighted by molar-refractivity contribution is 5.68. The monoisotopic (exact) mass is 460 g/mol. The van der Waals surface area contributed by atoms with Crippen LogP contribution in [0.3, 0.4) is 0 Å². The lowest BCUT2D eigenvalue weighted by Gasteiger charge is -2.43. The highest BCUT2D eigenvalue weighted by atomic mass is 16.5. The molecule has 1 heterocycles. The molecule has 0 aromatic carbocycles. The van der Waals surface area contributed by atoms with E-state index in [1.807, 2.05) is 0 Å². The number of carbonyl (C=O) groups excluding carboxylic acids is 1. The molecule has 0 aliphatic carbocycles. The number of aliphatic hydroxyl groups is 4. The summed E-state index contributed by atoms with van der Waals surface area (Å²) in [6.45, 7) is 1.80. The second-order valence-electron chi connectivity index (χ2n) is 9.35. The zero-order valence-electron chi connectivity index (χ0n) is 20.3. The molecule has 190 valence electrons. The molecule has 0 radical (unpaired) electrons. The molecule has 1 fully saturated rings. The summed E-state index contributed by atoms with van der Waals surface area (Å²) in [5.74, 6) is -0.0231. The number of esters is 1. The summed E-state index contributed by atoms with van der Waals surface area (Å²) in [7, 11) is 1.43. The molecule has 0 saturated carbocycles. The van der Waals surface area contributed by atoms with Crippen LogP contribution in [0.5, 0.6) is 0 Å². The first-order valence-corrected chi connectivity index (χ1v) is 12.8. The lowest BCUT2D eigenvalue weighted by atomic mass is 9.82. The molecule has 1 rings (SSSR count). The Morgan fingerprint density at radius 2 is 1.34 bits per heavy atom. The predicted molar refractivity (Wildman–Crippen MR) is 124 cm³/mol. The fourth-order valence-corrected chi connectivity index (χ4v) is 4.66. The number of rotatable bonds is 18. The van der Waals surface area contributed by atoms with E-state index in [4.69, 9.17) is 4.74 Å². The molecule has 0 aromatic heterocycles. The second-order valence-corrected chi connectivity index (χ2v) is 9.35. The molecule has 1 saturated heterocycles. The maximum absolute atomic E-state index is 11.1. The molecule has 0 spiro atoms. The van der Waals surface area contributed by atoms with Crippen molar-refractivity contribution < 1.29 is 34.7 Å². The first-order chi connectivity index (χ1) is 15.5. The van der Waals surface area contributed by atoms with Gasteiger partial charge in [0.2, 0.25) is 0 Å². The van der Waals surface area contributed by atoms with E-state index in [0.717, 1.165) is 70.6 Å². The lowest BCUT2D eigenvalue weighted by Crippen LogP contribution is -2.60. The topological polar surface area (TPSA) is 116 Å². The van der Waals surface area contributed by atoms with Crippen molar-refractivity contribution in [1.29, 1.82) is 0 Å². The minimum Gasteiger partial charge on any atom is -0.469 e. The molecule has 7 nitrogen and oxygen atoms in total. The molecular weight excluding hydrogens is 412 g/mol. The summed E-state index contributed by atoms with van der Waals surface area (Å²) in [5, 5.41) is 40.3. The van der Waals surface area contributed by atoms with E-state index in [2.05, 4.69) is 11.7 Å². The summed E-state index contributed by atoms with van der Waals surface area (Å²) in [6, 6.07) is 0. The molecule has 32 heavy (non-hydrogen) atoms. The molecular formula is C25H48O7. The molecule has 6 atom stereocenters. The Hall–Kier alpha value is -0.730. The number of methoxy groups -OCH3 is 1. The van der Waals surface area contributed by atoms with Crippen LogP contribution in [-0.4, -0.2) is 70.6 Å². The number of hydrogen-bond donors (Lipinski definition) is 4. The second kappa shape index (κ2) is 17.7. The zero-order chi connectivity index (χ0) is 23.8. The molecule has 7 heteroatoms. The third-order valence-corrected chi connectivity index (χ3v) is 6.76. The third-order valence-electron chi connectivity index (χ3n) is 6.76. The minimum absolute atomic E-state index is 0.108. The van der Waals surface area contributed by atoms with Crippen LogP contribution in [0.2, 0.25) is 0 Å². The summed E-state index contributed by atoms with van der Waals surface area (Å²) >= 11 is 0. The summed E-state index contributed by atoms with van der Waals surface area (Å²) in [5.41, 5.74) is 0. The van der Waals surface area contributed by atoms with Crippen LogP contribution in [0.25, 0.3) is 0 Å². The van der Waals surface area contributed by atoms with E-state index in [1.165, 1.54) is 26.4 Å². The lowest BCUT2D eigenvalue weighted by molar-refractivity contribution is -0.242. The first-order valence-electron chi connectivity index (χ1n) is 12.8. The Kier molecular flexibility index (Phi) is 16.2. The van der Waals surface area contributed by atoms with E-state index < -0.39 is 30.5 Å². The Labute approximate surface area is 194 Å². The predicted octanol–water partition coefficient (Wildman–Crippen LogP) is 3.49. The Morgan fingerprint density at radius 3 is 1.88 bits per heavy atom. The van der Waals surface area contributed by atoms with E-state index in [9.17, 15) is 25.2 Å². The molecule has 0 bridgehead atoms. The SMILES string of the molecule is CCCCCCC(CCCCCCCCCCC(=O)OC)C1O[C@H](CO)[C@H](O)[C@H](O)[C@H]1O. The van der Waals surface area contributed by atoms with Crippen molar-refractivity contribution in [3.63, 3.8) is 0 Å². The van der Waals surface area contributed by atoms with Crippen LogP contribution in [-0.2, 0) is 14.3 Å². The van der Waals surface area contributed by atoms with E-state index >= 15 is 0 Å². The van der Waals surface area contributed by atoms with Gasteiger partial charge in [-0.1, -0.05) is 77.6 Å². The van der Waals surface area contributed by atoms with Crippen LogP contribution < -0.4 is 0 Å². The van der Waals surface area contributed by atoms with Gasteiger partial charge in [0.05, 0.1) is 19.8 Å². The van der Waals surface area contributed by atoms with Gasteiger partial charge in [-0.3, -0.25) is 4.79 Å². The van der Waals surface area contributed by atoms with Crippen molar-refractivity contribution in [3.05, 3.63) is 0 Å². The van der Waals surface area contributed by atoms with Gasteiger partial charge in [0.25, 0.3) is 0 Å². The number of hydrogen-bond acceptors (Lipinski definition) is 7. The highest BCUT2D eigenvalue weighted by Gasteiger charge is 2.45. The van der Waals surface area contributed by atoms with E-state index in [1.54, 1.807) is 0 Å². The number of ether oxygens (including phenoxy) is 2. The van der Waals surface area contributed by atoms with Crippen LogP contribution in [0.1, 0.15) is 103 Å². The molecule has 2 unspecified atom stereocenters. The Bertz CT molecular complexity index is 471. The van der Waals surface area contributed by atoms with Gasteiger partial charge >= 0.3 is 5.97 Å². The first kappa shape index (κ1) is 29.3. The van der Waals surface area contributed by atoms with Crippen LogP contribution >= 0.6 is 0 Å². The fraction of sp³-hybridized carbons (Fsp3) is 0.960. The van der Waals surface area contributed by atoms with E-state index in [0.29, 0.717) is 6.42 Å². The number of aliphatic hydroxyl groups excluding tert-OH is 4. The summed E-state index contributed by atoms with van der Waals surface area (Å²) in [6.07, 6.45) is 10.6.